The molecule has 1 saturated heterocycles. The van der Waals surface area contributed by atoms with Crippen LogP contribution in [0.3, 0.4) is 0 Å². The van der Waals surface area contributed by atoms with E-state index in [0.717, 1.165) is 27.7 Å². The number of hydrogen-bond donors (Lipinski definition) is 0. The number of amides is 1. The second-order valence-electron chi connectivity index (χ2n) is 7.57. The van der Waals surface area contributed by atoms with E-state index in [2.05, 4.69) is 12.1 Å². The van der Waals surface area contributed by atoms with Gasteiger partial charge in [-0.3, -0.25) is 9.69 Å². The molecular formula is C25H19Cl2N3OS2. The number of aliphatic imine (C=N–C) groups is 1. The van der Waals surface area contributed by atoms with Crippen molar-refractivity contribution < 1.29 is 4.79 Å². The number of hydrogen-bond acceptors (Lipinski definition) is 5. The second-order valence-corrected chi connectivity index (χ2v) is 10.5. The van der Waals surface area contributed by atoms with Crippen molar-refractivity contribution in [2.45, 2.75) is 11.3 Å². The molecule has 3 aromatic carbocycles. The van der Waals surface area contributed by atoms with E-state index in [4.69, 9.17) is 28.2 Å². The van der Waals surface area contributed by atoms with E-state index in [1.165, 1.54) is 17.3 Å². The lowest BCUT2D eigenvalue weighted by atomic mass is 10.1. The number of halogens is 2. The molecule has 5 rings (SSSR count). The SMILES string of the molecule is CN1/C(=C2/SC(=Nc3ccc(Cl)cc3)N(CCc3ccccc3)C2=O)Sc2ccc(Cl)cc21. The molecule has 1 fully saturated rings. The summed E-state index contributed by atoms with van der Waals surface area (Å²) in [4.78, 5) is 24.0. The Kier molecular flexibility index (Phi) is 6.43. The quantitative estimate of drug-likeness (QED) is 0.346. The van der Waals surface area contributed by atoms with Crippen LogP contribution in [0.2, 0.25) is 10.0 Å². The number of anilines is 1. The first-order valence-electron chi connectivity index (χ1n) is 10.3. The zero-order valence-electron chi connectivity index (χ0n) is 17.7. The maximum atomic E-state index is 13.6. The minimum absolute atomic E-state index is 0.0307. The van der Waals surface area contributed by atoms with Crippen LogP contribution in [-0.2, 0) is 11.2 Å². The van der Waals surface area contributed by atoms with Crippen molar-refractivity contribution >= 4 is 69.2 Å². The summed E-state index contributed by atoms with van der Waals surface area (Å²) in [6.45, 7) is 0.548. The Morgan fingerprint density at radius 3 is 2.39 bits per heavy atom. The molecule has 33 heavy (non-hydrogen) atoms. The summed E-state index contributed by atoms with van der Waals surface area (Å²) in [7, 11) is 1.97. The Labute approximate surface area is 211 Å². The molecule has 2 heterocycles. The first-order chi connectivity index (χ1) is 16.0. The Balaban J connectivity index is 1.50. The molecule has 0 bridgehead atoms. The van der Waals surface area contributed by atoms with Crippen LogP contribution in [0.4, 0.5) is 11.4 Å². The van der Waals surface area contributed by atoms with Gasteiger partial charge < -0.3 is 4.90 Å². The third-order valence-corrected chi connectivity index (χ3v) is 8.29. The van der Waals surface area contributed by atoms with E-state index in [-0.39, 0.29) is 5.91 Å². The lowest BCUT2D eigenvalue weighted by Crippen LogP contribution is -2.31. The van der Waals surface area contributed by atoms with Crippen molar-refractivity contribution in [3.05, 3.63) is 98.3 Å². The van der Waals surface area contributed by atoms with Gasteiger partial charge >= 0.3 is 0 Å². The van der Waals surface area contributed by atoms with Crippen LogP contribution in [0.5, 0.6) is 0 Å². The molecule has 0 spiro atoms. The molecule has 0 saturated carbocycles. The van der Waals surface area contributed by atoms with Gasteiger partial charge in [-0.05, 0) is 66.2 Å². The van der Waals surface area contributed by atoms with Crippen LogP contribution in [0.1, 0.15) is 5.56 Å². The monoisotopic (exact) mass is 511 g/mol. The van der Waals surface area contributed by atoms with Crippen molar-refractivity contribution in [2.75, 3.05) is 18.5 Å². The predicted molar refractivity (Wildman–Crippen MR) is 141 cm³/mol. The zero-order valence-corrected chi connectivity index (χ0v) is 20.8. The minimum atomic E-state index is -0.0307. The number of rotatable bonds is 4. The lowest BCUT2D eigenvalue weighted by Gasteiger charge is -2.17. The highest BCUT2D eigenvalue weighted by Crippen LogP contribution is 2.50. The molecule has 0 radical (unpaired) electrons. The third kappa shape index (κ3) is 4.66. The summed E-state index contributed by atoms with van der Waals surface area (Å²) in [6.07, 6.45) is 0.744. The van der Waals surface area contributed by atoms with Crippen molar-refractivity contribution in [3.8, 4) is 0 Å². The van der Waals surface area contributed by atoms with Gasteiger partial charge in [0.1, 0.15) is 4.91 Å². The van der Waals surface area contributed by atoms with E-state index >= 15 is 0 Å². The van der Waals surface area contributed by atoms with Gasteiger partial charge in [0.2, 0.25) is 0 Å². The van der Waals surface area contributed by atoms with Crippen LogP contribution in [-0.4, -0.2) is 29.6 Å². The number of carbonyl (C=O) groups excluding carboxylic acids is 1. The molecule has 8 heteroatoms. The number of carbonyl (C=O) groups is 1. The van der Waals surface area contributed by atoms with Gasteiger partial charge in [-0.15, -0.1) is 0 Å². The van der Waals surface area contributed by atoms with Gasteiger partial charge in [-0.25, -0.2) is 4.99 Å². The molecule has 0 aromatic heterocycles. The summed E-state index contributed by atoms with van der Waals surface area (Å²) in [5, 5.41) is 2.89. The fourth-order valence-electron chi connectivity index (χ4n) is 3.65. The standard InChI is InChI=1S/C25H19Cl2N3OS2/c1-29-20-15-18(27)9-12-21(20)32-24(29)22-23(31)30(14-13-16-5-3-2-4-6-16)25(33-22)28-19-10-7-17(26)8-11-19/h2-12,15H,13-14H2,1H3/b24-22-,28-25?. The van der Waals surface area contributed by atoms with E-state index in [1.807, 2.05) is 60.5 Å². The first kappa shape index (κ1) is 22.4. The van der Waals surface area contributed by atoms with Gasteiger partial charge in [0.25, 0.3) is 5.91 Å². The molecule has 0 atom stereocenters. The maximum absolute atomic E-state index is 13.6. The highest BCUT2D eigenvalue weighted by Gasteiger charge is 2.39. The lowest BCUT2D eigenvalue weighted by molar-refractivity contribution is -0.122. The summed E-state index contributed by atoms with van der Waals surface area (Å²) >= 11 is 15.2. The molecule has 3 aromatic rings. The van der Waals surface area contributed by atoms with Gasteiger partial charge in [0.15, 0.2) is 5.17 Å². The fraction of sp³-hybridized carbons (Fsp3) is 0.120. The minimum Gasteiger partial charge on any atom is -0.337 e. The largest absolute Gasteiger partial charge is 0.337 e. The van der Waals surface area contributed by atoms with E-state index in [1.54, 1.807) is 28.8 Å². The number of nitrogens with zero attached hydrogens (tertiary/aromatic N) is 3. The third-order valence-electron chi connectivity index (χ3n) is 5.37. The van der Waals surface area contributed by atoms with Crippen molar-refractivity contribution in [1.82, 2.24) is 4.90 Å². The normalized spacial score (nSPS) is 19.0. The van der Waals surface area contributed by atoms with Gasteiger partial charge in [0, 0.05) is 28.5 Å². The van der Waals surface area contributed by atoms with Crippen molar-refractivity contribution in [3.63, 3.8) is 0 Å². The van der Waals surface area contributed by atoms with Crippen LogP contribution in [0, 0.1) is 0 Å². The maximum Gasteiger partial charge on any atom is 0.269 e. The smallest absolute Gasteiger partial charge is 0.269 e. The van der Waals surface area contributed by atoms with Crippen LogP contribution < -0.4 is 4.90 Å². The second kappa shape index (κ2) is 9.47. The Hall–Kier alpha value is -2.38. The summed E-state index contributed by atoms with van der Waals surface area (Å²) in [5.41, 5.74) is 2.94. The summed E-state index contributed by atoms with van der Waals surface area (Å²) in [6, 6.07) is 23.3. The summed E-state index contributed by atoms with van der Waals surface area (Å²) in [5.74, 6) is -0.0307. The zero-order chi connectivity index (χ0) is 22.9. The number of thioether (sulfide) groups is 2. The topological polar surface area (TPSA) is 35.9 Å². The van der Waals surface area contributed by atoms with Gasteiger partial charge in [0.05, 0.1) is 16.4 Å². The molecule has 2 aliphatic rings. The summed E-state index contributed by atoms with van der Waals surface area (Å²) < 4.78 is 0. The molecule has 4 nitrogen and oxygen atoms in total. The average Bonchev–Trinajstić information content (AvgIpc) is 3.30. The van der Waals surface area contributed by atoms with E-state index in [9.17, 15) is 4.79 Å². The van der Waals surface area contributed by atoms with Crippen molar-refractivity contribution in [1.29, 1.82) is 0 Å². The molecule has 1 amide bonds. The average molecular weight is 512 g/mol. The Morgan fingerprint density at radius 2 is 1.64 bits per heavy atom. The Morgan fingerprint density at radius 1 is 0.909 bits per heavy atom. The van der Waals surface area contributed by atoms with Crippen molar-refractivity contribution in [2.24, 2.45) is 4.99 Å². The molecule has 0 aliphatic carbocycles. The fourth-order valence-corrected chi connectivity index (χ4v) is 6.29. The molecule has 0 unspecified atom stereocenters. The van der Waals surface area contributed by atoms with Gasteiger partial charge in [-0.2, -0.15) is 0 Å². The van der Waals surface area contributed by atoms with Crippen LogP contribution in [0.25, 0.3) is 0 Å². The molecule has 166 valence electrons. The van der Waals surface area contributed by atoms with E-state index < -0.39 is 0 Å². The van der Waals surface area contributed by atoms with E-state index in [0.29, 0.717) is 26.7 Å². The Bertz CT molecular complexity index is 1280. The highest BCUT2D eigenvalue weighted by molar-refractivity contribution is 8.19. The molecular weight excluding hydrogens is 493 g/mol. The first-order valence-corrected chi connectivity index (χ1v) is 12.7. The predicted octanol–water partition coefficient (Wildman–Crippen LogP) is 7.21. The number of benzene rings is 3. The van der Waals surface area contributed by atoms with Crippen LogP contribution >= 0.6 is 46.7 Å². The van der Waals surface area contributed by atoms with Gasteiger partial charge in [-0.1, -0.05) is 65.3 Å². The highest BCUT2D eigenvalue weighted by atomic mass is 35.5. The molecule has 2 aliphatic heterocycles. The molecule has 0 N–H and O–H groups in total. The van der Waals surface area contributed by atoms with Crippen LogP contribution in [0.15, 0.2) is 92.6 Å². The number of fused-ring (bicyclic) bond motifs is 1. The number of amidine groups is 1.